The average molecular weight is 309 g/mol. The van der Waals surface area contributed by atoms with Crippen LogP contribution >= 0.6 is 0 Å². The predicted molar refractivity (Wildman–Crippen MR) is 87.3 cm³/mol. The zero-order valence-corrected chi connectivity index (χ0v) is 13.2. The van der Waals surface area contributed by atoms with Gasteiger partial charge >= 0.3 is 0 Å². The average Bonchev–Trinajstić information content (AvgIpc) is 2.46. The zero-order valence-electron chi connectivity index (χ0n) is 12.4. The highest BCUT2D eigenvalue weighted by molar-refractivity contribution is 7.91. The number of guanidine groups is 1. The first-order valence-corrected chi connectivity index (χ1v) is 9.17. The Bertz CT molecular complexity index is 597. The van der Waals surface area contributed by atoms with Crippen molar-refractivity contribution in [3.63, 3.8) is 0 Å². The molecule has 0 aromatic heterocycles. The van der Waals surface area contributed by atoms with Crippen molar-refractivity contribution in [3.8, 4) is 0 Å². The summed E-state index contributed by atoms with van der Waals surface area (Å²) in [5, 5.41) is 3.08. The van der Waals surface area contributed by atoms with Gasteiger partial charge in [-0.1, -0.05) is 19.1 Å². The van der Waals surface area contributed by atoms with Gasteiger partial charge in [0.15, 0.2) is 5.96 Å². The molecule has 1 saturated heterocycles. The zero-order chi connectivity index (χ0) is 15.3. The van der Waals surface area contributed by atoms with E-state index < -0.39 is 9.84 Å². The number of benzene rings is 1. The summed E-state index contributed by atoms with van der Waals surface area (Å²) in [5.74, 6) is 1.26. The quantitative estimate of drug-likeness (QED) is 0.656. The summed E-state index contributed by atoms with van der Waals surface area (Å²) in [6.45, 7) is 2.69. The van der Waals surface area contributed by atoms with E-state index in [2.05, 4.69) is 29.4 Å². The Hall–Kier alpha value is -1.56. The number of nitrogens with zero attached hydrogens (tertiary/aromatic N) is 1. The molecule has 1 aromatic carbocycles. The molecule has 5 nitrogen and oxygen atoms in total. The van der Waals surface area contributed by atoms with E-state index in [4.69, 9.17) is 5.73 Å². The second-order valence-electron chi connectivity index (χ2n) is 5.50. The summed E-state index contributed by atoms with van der Waals surface area (Å²) >= 11 is 0. The molecule has 3 N–H and O–H groups in total. The molecule has 0 bridgehead atoms. The van der Waals surface area contributed by atoms with Crippen LogP contribution < -0.4 is 11.1 Å². The summed E-state index contributed by atoms with van der Waals surface area (Å²) < 4.78 is 22.7. The van der Waals surface area contributed by atoms with Crippen LogP contribution in [-0.4, -0.2) is 32.4 Å². The van der Waals surface area contributed by atoms with Crippen LogP contribution in [0.2, 0.25) is 0 Å². The van der Waals surface area contributed by atoms with Crippen molar-refractivity contribution in [2.45, 2.75) is 26.2 Å². The van der Waals surface area contributed by atoms with E-state index in [-0.39, 0.29) is 11.5 Å². The second kappa shape index (κ2) is 6.93. The van der Waals surface area contributed by atoms with Crippen LogP contribution in [-0.2, 0) is 16.3 Å². The SMILES string of the molecule is CCc1cccc(NC(N)=NCC2CCS(=O)(=O)CC2)c1. The number of hydrogen-bond donors (Lipinski definition) is 2. The highest BCUT2D eigenvalue weighted by Gasteiger charge is 2.23. The normalized spacial score (nSPS) is 19.4. The molecule has 0 unspecified atom stereocenters. The molecular formula is C15H23N3O2S. The van der Waals surface area contributed by atoms with E-state index in [9.17, 15) is 8.42 Å². The first-order chi connectivity index (χ1) is 9.98. The molecule has 1 aliphatic heterocycles. The van der Waals surface area contributed by atoms with Gasteiger partial charge in [-0.3, -0.25) is 4.99 Å². The number of nitrogens with two attached hydrogens (primary N) is 1. The van der Waals surface area contributed by atoms with Gasteiger partial charge < -0.3 is 11.1 Å². The molecule has 6 heteroatoms. The fourth-order valence-corrected chi connectivity index (χ4v) is 3.99. The van der Waals surface area contributed by atoms with Crippen molar-refractivity contribution in [1.82, 2.24) is 0 Å². The number of hydrogen-bond acceptors (Lipinski definition) is 3. The lowest BCUT2D eigenvalue weighted by Crippen LogP contribution is -2.27. The van der Waals surface area contributed by atoms with Gasteiger partial charge in [0.1, 0.15) is 9.84 Å². The van der Waals surface area contributed by atoms with Crippen molar-refractivity contribution in [3.05, 3.63) is 29.8 Å². The van der Waals surface area contributed by atoms with Crippen molar-refractivity contribution >= 4 is 21.5 Å². The minimum atomic E-state index is -2.81. The van der Waals surface area contributed by atoms with Gasteiger partial charge in [-0.25, -0.2) is 8.42 Å². The molecule has 0 aliphatic carbocycles. The Morgan fingerprint density at radius 3 is 2.76 bits per heavy atom. The Morgan fingerprint density at radius 2 is 2.10 bits per heavy atom. The molecule has 116 valence electrons. The van der Waals surface area contributed by atoms with E-state index >= 15 is 0 Å². The summed E-state index contributed by atoms with van der Waals surface area (Å²) in [5.41, 5.74) is 8.06. The second-order valence-corrected chi connectivity index (χ2v) is 7.80. The van der Waals surface area contributed by atoms with Crippen LogP contribution in [0.15, 0.2) is 29.3 Å². The maximum atomic E-state index is 11.4. The molecule has 1 aliphatic rings. The minimum absolute atomic E-state index is 0.277. The molecule has 1 fully saturated rings. The Morgan fingerprint density at radius 1 is 1.38 bits per heavy atom. The standard InChI is InChI=1S/C15H23N3O2S/c1-2-12-4-3-5-14(10-12)18-15(16)17-11-13-6-8-21(19,20)9-7-13/h3-5,10,13H,2,6-9,11H2,1H3,(H3,16,17,18). The Kier molecular flexibility index (Phi) is 5.22. The third kappa shape index (κ3) is 5.04. The Balaban J connectivity index is 1.86. The van der Waals surface area contributed by atoms with Gasteiger partial charge in [0.2, 0.25) is 0 Å². The lowest BCUT2D eigenvalue weighted by molar-refractivity contribution is 0.475. The fraction of sp³-hybridized carbons (Fsp3) is 0.533. The molecule has 2 rings (SSSR count). The number of aliphatic imine (C=N–C) groups is 1. The van der Waals surface area contributed by atoms with Crippen molar-refractivity contribution < 1.29 is 8.42 Å². The first-order valence-electron chi connectivity index (χ1n) is 7.35. The lowest BCUT2D eigenvalue weighted by Gasteiger charge is -2.20. The van der Waals surface area contributed by atoms with Crippen molar-refractivity contribution in [2.24, 2.45) is 16.6 Å². The van der Waals surface area contributed by atoms with Crippen LogP contribution in [0.1, 0.15) is 25.3 Å². The highest BCUT2D eigenvalue weighted by Crippen LogP contribution is 2.19. The van der Waals surface area contributed by atoms with Gasteiger partial charge in [0, 0.05) is 12.2 Å². The Labute approximate surface area is 126 Å². The molecule has 0 radical (unpaired) electrons. The summed E-state index contributed by atoms with van der Waals surface area (Å²) in [6.07, 6.45) is 2.35. The van der Waals surface area contributed by atoms with Crippen molar-refractivity contribution in [1.29, 1.82) is 0 Å². The van der Waals surface area contributed by atoms with Gasteiger partial charge in [-0.2, -0.15) is 0 Å². The van der Waals surface area contributed by atoms with Gasteiger partial charge in [0.05, 0.1) is 11.5 Å². The number of sulfone groups is 1. The topological polar surface area (TPSA) is 84.5 Å². The minimum Gasteiger partial charge on any atom is -0.370 e. The number of nitrogens with one attached hydrogen (secondary N) is 1. The van der Waals surface area contributed by atoms with E-state index in [0.717, 1.165) is 12.1 Å². The number of rotatable bonds is 4. The van der Waals surface area contributed by atoms with Crippen LogP contribution in [0.5, 0.6) is 0 Å². The first kappa shape index (κ1) is 15.8. The van der Waals surface area contributed by atoms with E-state index in [0.29, 0.717) is 31.3 Å². The molecule has 0 spiro atoms. The maximum absolute atomic E-state index is 11.4. The molecule has 0 amide bonds. The molecule has 0 atom stereocenters. The van der Waals surface area contributed by atoms with E-state index in [1.54, 1.807) is 0 Å². The third-order valence-corrected chi connectivity index (χ3v) is 5.52. The number of aryl methyl sites for hydroxylation is 1. The maximum Gasteiger partial charge on any atom is 0.193 e. The fourth-order valence-electron chi connectivity index (χ4n) is 2.41. The van der Waals surface area contributed by atoms with Crippen LogP contribution in [0.4, 0.5) is 5.69 Å². The van der Waals surface area contributed by atoms with E-state index in [1.165, 1.54) is 5.56 Å². The summed E-state index contributed by atoms with van der Waals surface area (Å²) in [4.78, 5) is 4.33. The van der Waals surface area contributed by atoms with E-state index in [1.807, 2.05) is 12.1 Å². The molecule has 0 saturated carbocycles. The van der Waals surface area contributed by atoms with Crippen LogP contribution in [0, 0.1) is 5.92 Å². The largest absolute Gasteiger partial charge is 0.370 e. The van der Waals surface area contributed by atoms with Crippen LogP contribution in [0.3, 0.4) is 0 Å². The highest BCUT2D eigenvalue weighted by atomic mass is 32.2. The summed E-state index contributed by atoms with van der Waals surface area (Å²) in [7, 11) is -2.81. The summed E-state index contributed by atoms with van der Waals surface area (Å²) in [6, 6.07) is 8.06. The predicted octanol–water partition coefficient (Wildman–Crippen LogP) is 1.80. The number of anilines is 1. The van der Waals surface area contributed by atoms with Gasteiger partial charge in [0.25, 0.3) is 0 Å². The molecule has 21 heavy (non-hydrogen) atoms. The molecule has 1 heterocycles. The monoisotopic (exact) mass is 309 g/mol. The van der Waals surface area contributed by atoms with Crippen molar-refractivity contribution in [2.75, 3.05) is 23.4 Å². The lowest BCUT2D eigenvalue weighted by atomic mass is 10.0. The van der Waals surface area contributed by atoms with Gasteiger partial charge in [-0.15, -0.1) is 0 Å². The van der Waals surface area contributed by atoms with Gasteiger partial charge in [-0.05, 0) is 42.9 Å². The molecule has 1 aromatic rings. The molecular weight excluding hydrogens is 286 g/mol. The third-order valence-electron chi connectivity index (χ3n) is 3.80. The van der Waals surface area contributed by atoms with Crippen LogP contribution in [0.25, 0.3) is 0 Å². The smallest absolute Gasteiger partial charge is 0.193 e.